The molecular weight excluding hydrogens is 153 g/mol. The molecule has 0 spiro atoms. The molecule has 0 saturated carbocycles. The standard InChI is InChI=1S/C2H4F3NO.ClH.Li/c3-2(4,5)1(6)7;;/h1,7H,6H2;1H;/q;;+1/p-1. The van der Waals surface area contributed by atoms with Crippen LogP contribution in [-0.4, -0.2) is 17.5 Å². The molecule has 0 aromatic carbocycles. The van der Waals surface area contributed by atoms with Crippen molar-refractivity contribution in [3.8, 4) is 0 Å². The first kappa shape index (κ1) is 16.3. The van der Waals surface area contributed by atoms with Crippen LogP contribution < -0.4 is 37.0 Å². The summed E-state index contributed by atoms with van der Waals surface area (Å²) in [6.45, 7) is 0. The number of aliphatic hydroxyl groups is 1. The van der Waals surface area contributed by atoms with Crippen LogP contribution >= 0.6 is 0 Å². The van der Waals surface area contributed by atoms with E-state index in [0.29, 0.717) is 0 Å². The monoisotopic (exact) mass is 157 g/mol. The Morgan fingerprint density at radius 1 is 1.33 bits per heavy atom. The summed E-state index contributed by atoms with van der Waals surface area (Å²) >= 11 is 0. The van der Waals surface area contributed by atoms with Crippen molar-refractivity contribution in [2.45, 2.75) is 12.4 Å². The summed E-state index contributed by atoms with van der Waals surface area (Å²) in [5, 5.41) is 7.54. The number of alkyl halides is 3. The third kappa shape index (κ3) is 8.60. The number of halogens is 4. The van der Waals surface area contributed by atoms with Gasteiger partial charge in [0.05, 0.1) is 0 Å². The average Bonchev–Trinajstić information content (AvgIpc) is 1.31. The van der Waals surface area contributed by atoms with Crippen LogP contribution in [0.3, 0.4) is 0 Å². The number of hydrogen-bond acceptors (Lipinski definition) is 2. The SMILES string of the molecule is NC(O)C(F)(F)F.[Cl-].[Li+]. The summed E-state index contributed by atoms with van der Waals surface area (Å²) in [6, 6.07) is 0. The normalized spacial score (nSPS) is 13.0. The van der Waals surface area contributed by atoms with Crippen molar-refractivity contribution in [3.05, 3.63) is 0 Å². The van der Waals surface area contributed by atoms with Crippen LogP contribution in [0.2, 0.25) is 0 Å². The Balaban J connectivity index is -0.000000180. The topological polar surface area (TPSA) is 46.2 Å². The Bertz CT molecular complexity index is 67.3. The number of hydrogen-bond donors (Lipinski definition) is 2. The molecule has 0 aromatic rings. The molecule has 7 heteroatoms. The molecule has 0 aliphatic heterocycles. The van der Waals surface area contributed by atoms with E-state index in [1.807, 2.05) is 0 Å². The fraction of sp³-hybridized carbons (Fsp3) is 1.00. The summed E-state index contributed by atoms with van der Waals surface area (Å²) < 4.78 is 32.4. The molecule has 1 unspecified atom stereocenters. The molecule has 1 atom stereocenters. The van der Waals surface area contributed by atoms with Gasteiger partial charge in [-0.15, -0.1) is 0 Å². The van der Waals surface area contributed by atoms with Gasteiger partial charge < -0.3 is 17.5 Å². The van der Waals surface area contributed by atoms with Crippen LogP contribution in [-0.2, 0) is 0 Å². The predicted octanol–water partition coefficient (Wildman–Crippen LogP) is -6.17. The molecule has 0 radical (unpaired) electrons. The van der Waals surface area contributed by atoms with Gasteiger partial charge in [0, 0.05) is 0 Å². The van der Waals surface area contributed by atoms with Crippen LogP contribution in [0.25, 0.3) is 0 Å². The van der Waals surface area contributed by atoms with E-state index in [4.69, 9.17) is 5.11 Å². The van der Waals surface area contributed by atoms with Crippen molar-refractivity contribution in [3.63, 3.8) is 0 Å². The summed E-state index contributed by atoms with van der Waals surface area (Å²) in [5.41, 5.74) is 4.00. The number of nitrogens with two attached hydrogens (primary N) is 1. The summed E-state index contributed by atoms with van der Waals surface area (Å²) in [4.78, 5) is 0. The van der Waals surface area contributed by atoms with Crippen molar-refractivity contribution >= 4 is 0 Å². The van der Waals surface area contributed by atoms with E-state index in [2.05, 4.69) is 5.73 Å². The molecule has 0 aliphatic carbocycles. The first-order chi connectivity index (χ1) is 2.94. The molecule has 0 bridgehead atoms. The van der Waals surface area contributed by atoms with E-state index in [1.54, 1.807) is 0 Å². The maximum atomic E-state index is 10.8. The van der Waals surface area contributed by atoms with Gasteiger partial charge in [0.2, 0.25) is 0 Å². The molecule has 0 fully saturated rings. The van der Waals surface area contributed by atoms with Gasteiger partial charge in [-0.3, -0.25) is 5.73 Å². The van der Waals surface area contributed by atoms with Crippen molar-refractivity contribution in [2.24, 2.45) is 5.73 Å². The maximum absolute atomic E-state index is 10.8. The number of aliphatic hydroxyl groups excluding tert-OH is 1. The zero-order valence-corrected chi connectivity index (χ0v) is 5.37. The fourth-order valence-corrected chi connectivity index (χ4v) is 0. The summed E-state index contributed by atoms with van der Waals surface area (Å²) in [7, 11) is 0. The van der Waals surface area contributed by atoms with Gasteiger partial charge in [-0.05, 0) is 0 Å². The van der Waals surface area contributed by atoms with Gasteiger partial charge in [-0.1, -0.05) is 0 Å². The predicted molar refractivity (Wildman–Crippen MR) is 16.2 cm³/mol. The van der Waals surface area contributed by atoms with E-state index in [1.165, 1.54) is 0 Å². The molecular formula is C2H4ClF3LiNO. The molecule has 0 aromatic heterocycles. The van der Waals surface area contributed by atoms with Crippen LogP contribution in [0.15, 0.2) is 0 Å². The van der Waals surface area contributed by atoms with E-state index < -0.39 is 12.4 Å². The average molecular weight is 157 g/mol. The largest absolute Gasteiger partial charge is 1.00 e. The summed E-state index contributed by atoms with van der Waals surface area (Å²) in [5.74, 6) is 0. The van der Waals surface area contributed by atoms with Gasteiger partial charge in [-0.25, -0.2) is 0 Å². The first-order valence-electron chi connectivity index (χ1n) is 1.45. The number of rotatable bonds is 0. The molecule has 0 amide bonds. The van der Waals surface area contributed by atoms with Gasteiger partial charge in [0.25, 0.3) is 0 Å². The van der Waals surface area contributed by atoms with Crippen molar-refractivity contribution in [1.29, 1.82) is 0 Å². The molecule has 0 aliphatic rings. The first-order valence-corrected chi connectivity index (χ1v) is 1.45. The van der Waals surface area contributed by atoms with Gasteiger partial charge in [0.15, 0.2) is 6.23 Å². The second-order valence-electron chi connectivity index (χ2n) is 0.986. The minimum Gasteiger partial charge on any atom is -1.00 e. The third-order valence-electron chi connectivity index (χ3n) is 0.335. The van der Waals surface area contributed by atoms with E-state index >= 15 is 0 Å². The Kier molecular flexibility index (Phi) is 9.76. The van der Waals surface area contributed by atoms with Gasteiger partial charge in [-0.2, -0.15) is 13.2 Å². The molecule has 52 valence electrons. The Labute approximate surface area is 68.2 Å². The van der Waals surface area contributed by atoms with Crippen LogP contribution in [0.4, 0.5) is 13.2 Å². The molecule has 9 heavy (non-hydrogen) atoms. The van der Waals surface area contributed by atoms with Gasteiger partial charge in [0.1, 0.15) is 0 Å². The molecule has 3 N–H and O–H groups in total. The van der Waals surface area contributed by atoms with E-state index in [9.17, 15) is 13.2 Å². The molecule has 0 heterocycles. The van der Waals surface area contributed by atoms with Gasteiger partial charge >= 0.3 is 25.0 Å². The van der Waals surface area contributed by atoms with Crippen LogP contribution in [0.5, 0.6) is 0 Å². The molecule has 2 nitrogen and oxygen atoms in total. The molecule has 0 rings (SSSR count). The zero-order valence-electron chi connectivity index (χ0n) is 4.61. The fourth-order valence-electron chi connectivity index (χ4n) is 0. The Hall–Kier alpha value is 0.597. The van der Waals surface area contributed by atoms with E-state index in [-0.39, 0.29) is 31.3 Å². The third-order valence-corrected chi connectivity index (χ3v) is 0.335. The molecule has 0 saturated heterocycles. The van der Waals surface area contributed by atoms with Crippen LogP contribution in [0, 0.1) is 0 Å². The van der Waals surface area contributed by atoms with Crippen LogP contribution in [0.1, 0.15) is 0 Å². The Morgan fingerprint density at radius 2 is 1.44 bits per heavy atom. The second kappa shape index (κ2) is 5.39. The summed E-state index contributed by atoms with van der Waals surface area (Å²) in [6.07, 6.45) is -7.37. The quantitative estimate of drug-likeness (QED) is 0.272. The van der Waals surface area contributed by atoms with E-state index in [0.717, 1.165) is 0 Å². The minimum absolute atomic E-state index is 0. The van der Waals surface area contributed by atoms with Crippen molar-refractivity contribution < 1.29 is 49.5 Å². The minimum atomic E-state index is -4.67. The van der Waals surface area contributed by atoms with Crippen molar-refractivity contribution in [2.75, 3.05) is 0 Å². The van der Waals surface area contributed by atoms with Crippen molar-refractivity contribution in [1.82, 2.24) is 0 Å². The maximum Gasteiger partial charge on any atom is 1.00 e. The zero-order chi connectivity index (χ0) is 6.08. The Morgan fingerprint density at radius 3 is 1.44 bits per heavy atom. The smallest absolute Gasteiger partial charge is 1.00 e. The second-order valence-corrected chi connectivity index (χ2v) is 0.986.